The van der Waals surface area contributed by atoms with Gasteiger partial charge in [0.05, 0.1) is 24.5 Å². The monoisotopic (exact) mass is 414 g/mol. The molecule has 0 atom stereocenters. The molecule has 30 heavy (non-hydrogen) atoms. The van der Waals surface area contributed by atoms with Crippen LogP contribution in [0.5, 0.6) is 0 Å². The number of benzene rings is 1. The van der Waals surface area contributed by atoms with E-state index in [0.29, 0.717) is 44.6 Å². The topological polar surface area (TPSA) is 80.0 Å². The Labute approximate surface area is 177 Å². The van der Waals surface area contributed by atoms with Crippen molar-refractivity contribution in [2.45, 2.75) is 32.1 Å². The van der Waals surface area contributed by atoms with E-state index in [1.807, 2.05) is 4.90 Å². The molecule has 1 heterocycles. The van der Waals surface area contributed by atoms with E-state index >= 15 is 0 Å². The SMILES string of the molecule is C=C(N=C/C(C(=O)NCC1CCCCC1)=C(\N)c1ccccc1F)N1CCOCC1. The van der Waals surface area contributed by atoms with Gasteiger partial charge in [-0.25, -0.2) is 9.38 Å². The molecule has 1 aliphatic carbocycles. The summed E-state index contributed by atoms with van der Waals surface area (Å²) in [6.07, 6.45) is 7.28. The number of carbonyl (C=O) groups is 1. The minimum absolute atomic E-state index is 0.0628. The van der Waals surface area contributed by atoms with Gasteiger partial charge in [-0.1, -0.05) is 38.0 Å². The number of amides is 1. The molecule has 2 aliphatic rings. The van der Waals surface area contributed by atoms with E-state index < -0.39 is 5.82 Å². The lowest BCUT2D eigenvalue weighted by Crippen LogP contribution is -2.35. The molecular weight excluding hydrogens is 383 g/mol. The molecule has 0 radical (unpaired) electrons. The van der Waals surface area contributed by atoms with Gasteiger partial charge in [0.25, 0.3) is 5.91 Å². The molecule has 1 amide bonds. The van der Waals surface area contributed by atoms with E-state index in [0.717, 1.165) is 12.8 Å². The van der Waals surface area contributed by atoms with Crippen molar-refractivity contribution in [2.24, 2.45) is 16.6 Å². The molecule has 3 rings (SSSR count). The number of hydrogen-bond donors (Lipinski definition) is 2. The molecule has 0 unspecified atom stereocenters. The number of nitrogens with two attached hydrogens (primary N) is 1. The second kappa shape index (κ2) is 10.9. The molecule has 0 bridgehead atoms. The third kappa shape index (κ3) is 5.92. The largest absolute Gasteiger partial charge is 0.397 e. The zero-order valence-corrected chi connectivity index (χ0v) is 17.4. The quantitative estimate of drug-likeness (QED) is 0.531. The summed E-state index contributed by atoms with van der Waals surface area (Å²) in [6.45, 7) is 7.16. The van der Waals surface area contributed by atoms with Gasteiger partial charge in [0.2, 0.25) is 0 Å². The molecule has 1 aromatic carbocycles. The summed E-state index contributed by atoms with van der Waals surface area (Å²) in [5, 5.41) is 2.97. The van der Waals surface area contributed by atoms with Crippen LogP contribution in [-0.2, 0) is 9.53 Å². The van der Waals surface area contributed by atoms with Gasteiger partial charge in [0.1, 0.15) is 11.6 Å². The number of hydrogen-bond acceptors (Lipinski definition) is 5. The molecule has 0 aromatic heterocycles. The van der Waals surface area contributed by atoms with E-state index in [4.69, 9.17) is 10.5 Å². The van der Waals surface area contributed by atoms with Gasteiger partial charge in [-0.3, -0.25) is 4.79 Å². The standard InChI is InChI=1S/C23H31FN4O2/c1-17(28-11-13-30-14-12-28)26-16-20(22(25)19-9-5-6-10-21(19)24)23(29)27-15-18-7-3-2-4-8-18/h5-6,9-10,16,18H,1-4,7-8,11-15,25H2,(H,27,29)/b22-20+,26-16?. The van der Waals surface area contributed by atoms with Crippen LogP contribution in [0, 0.1) is 11.7 Å². The average Bonchev–Trinajstić information content (AvgIpc) is 2.79. The van der Waals surface area contributed by atoms with Crippen molar-refractivity contribution >= 4 is 17.8 Å². The Balaban J connectivity index is 1.79. The Hall–Kier alpha value is -2.67. The van der Waals surface area contributed by atoms with E-state index in [1.54, 1.807) is 18.2 Å². The van der Waals surface area contributed by atoms with Gasteiger partial charge in [-0.05, 0) is 30.9 Å². The minimum atomic E-state index is -0.479. The second-order valence-corrected chi connectivity index (χ2v) is 7.80. The van der Waals surface area contributed by atoms with Crippen LogP contribution in [0.4, 0.5) is 4.39 Å². The predicted octanol–water partition coefficient (Wildman–Crippen LogP) is 3.07. The third-order valence-corrected chi connectivity index (χ3v) is 5.69. The van der Waals surface area contributed by atoms with Crippen LogP contribution in [0.2, 0.25) is 0 Å². The number of nitrogens with one attached hydrogen (secondary N) is 1. The van der Waals surface area contributed by atoms with Crippen molar-refractivity contribution in [1.82, 2.24) is 10.2 Å². The van der Waals surface area contributed by atoms with Crippen LogP contribution in [0.1, 0.15) is 37.7 Å². The molecule has 1 aliphatic heterocycles. The van der Waals surface area contributed by atoms with Crippen LogP contribution < -0.4 is 11.1 Å². The van der Waals surface area contributed by atoms with Gasteiger partial charge >= 0.3 is 0 Å². The van der Waals surface area contributed by atoms with Crippen molar-refractivity contribution in [3.05, 3.63) is 53.6 Å². The Morgan fingerprint density at radius 3 is 2.67 bits per heavy atom. The maximum absolute atomic E-state index is 14.3. The fraction of sp³-hybridized carbons (Fsp3) is 0.478. The lowest BCUT2D eigenvalue weighted by molar-refractivity contribution is -0.117. The molecule has 6 nitrogen and oxygen atoms in total. The predicted molar refractivity (Wildman–Crippen MR) is 117 cm³/mol. The van der Waals surface area contributed by atoms with Gasteiger partial charge in [-0.2, -0.15) is 0 Å². The normalized spacial score (nSPS) is 18.9. The lowest BCUT2D eigenvalue weighted by Gasteiger charge is -2.28. The second-order valence-electron chi connectivity index (χ2n) is 7.80. The smallest absolute Gasteiger partial charge is 0.254 e. The van der Waals surface area contributed by atoms with E-state index in [-0.39, 0.29) is 22.7 Å². The number of carbonyl (C=O) groups excluding carboxylic acids is 1. The summed E-state index contributed by atoms with van der Waals surface area (Å²) >= 11 is 0. The van der Waals surface area contributed by atoms with Gasteiger partial charge in [0, 0.05) is 31.4 Å². The molecule has 162 valence electrons. The van der Waals surface area contributed by atoms with E-state index in [2.05, 4.69) is 16.9 Å². The van der Waals surface area contributed by atoms with E-state index in [9.17, 15) is 9.18 Å². The van der Waals surface area contributed by atoms with E-state index in [1.165, 1.54) is 31.5 Å². The summed E-state index contributed by atoms with van der Waals surface area (Å²) < 4.78 is 19.6. The van der Waals surface area contributed by atoms with Crippen LogP contribution in [-0.4, -0.2) is 49.9 Å². The number of ether oxygens (including phenoxy) is 1. The zero-order valence-electron chi connectivity index (χ0n) is 17.4. The summed E-state index contributed by atoms with van der Waals surface area (Å²) in [4.78, 5) is 19.3. The van der Waals surface area contributed by atoms with Crippen LogP contribution in [0.15, 0.2) is 47.2 Å². The molecule has 0 spiro atoms. The zero-order chi connectivity index (χ0) is 21.3. The summed E-state index contributed by atoms with van der Waals surface area (Å²) in [7, 11) is 0. The van der Waals surface area contributed by atoms with Gasteiger partial charge in [0.15, 0.2) is 0 Å². The highest BCUT2D eigenvalue weighted by molar-refractivity contribution is 6.18. The average molecular weight is 415 g/mol. The fourth-order valence-electron chi connectivity index (χ4n) is 3.84. The molecule has 1 aromatic rings. The molecule has 2 fully saturated rings. The highest BCUT2D eigenvalue weighted by Gasteiger charge is 2.19. The highest BCUT2D eigenvalue weighted by atomic mass is 19.1. The first-order chi connectivity index (χ1) is 14.6. The number of morpholine rings is 1. The maximum Gasteiger partial charge on any atom is 0.254 e. The summed E-state index contributed by atoms with van der Waals surface area (Å²) in [6, 6.07) is 6.16. The molecule has 1 saturated heterocycles. The Bertz CT molecular complexity index is 809. The number of rotatable bonds is 7. The number of halogens is 1. The first kappa shape index (κ1) is 22.0. The van der Waals surface area contributed by atoms with Crippen LogP contribution >= 0.6 is 0 Å². The molecular formula is C23H31FN4O2. The van der Waals surface area contributed by atoms with Crippen molar-refractivity contribution in [1.29, 1.82) is 0 Å². The lowest BCUT2D eigenvalue weighted by atomic mass is 9.89. The minimum Gasteiger partial charge on any atom is -0.397 e. The number of nitrogens with zero attached hydrogens (tertiary/aromatic N) is 2. The Kier molecular flexibility index (Phi) is 8.02. The van der Waals surface area contributed by atoms with Crippen LogP contribution in [0.3, 0.4) is 0 Å². The van der Waals surface area contributed by atoms with Gasteiger partial charge < -0.3 is 20.7 Å². The highest BCUT2D eigenvalue weighted by Crippen LogP contribution is 2.23. The first-order valence-corrected chi connectivity index (χ1v) is 10.6. The van der Waals surface area contributed by atoms with Crippen molar-refractivity contribution in [3.8, 4) is 0 Å². The van der Waals surface area contributed by atoms with Crippen LogP contribution in [0.25, 0.3) is 5.70 Å². The Morgan fingerprint density at radius 1 is 1.27 bits per heavy atom. The van der Waals surface area contributed by atoms with Crippen molar-refractivity contribution in [2.75, 3.05) is 32.8 Å². The summed E-state index contributed by atoms with van der Waals surface area (Å²) in [5.41, 5.74) is 6.63. The number of aliphatic imine (C=N–C) groups is 1. The molecule has 3 N–H and O–H groups in total. The fourth-order valence-corrected chi connectivity index (χ4v) is 3.84. The Morgan fingerprint density at radius 2 is 1.97 bits per heavy atom. The van der Waals surface area contributed by atoms with Gasteiger partial charge in [-0.15, -0.1) is 0 Å². The third-order valence-electron chi connectivity index (χ3n) is 5.69. The van der Waals surface area contributed by atoms with Crippen molar-refractivity contribution in [3.63, 3.8) is 0 Å². The molecule has 1 saturated carbocycles. The first-order valence-electron chi connectivity index (χ1n) is 10.6. The summed E-state index contributed by atoms with van der Waals surface area (Å²) in [5.74, 6) is 0.170. The van der Waals surface area contributed by atoms with Crippen molar-refractivity contribution < 1.29 is 13.9 Å². The molecule has 7 heteroatoms. The maximum atomic E-state index is 14.3.